The van der Waals surface area contributed by atoms with Crippen molar-refractivity contribution >= 4 is 27.5 Å². The highest BCUT2D eigenvalue weighted by Gasteiger charge is 2.17. The van der Waals surface area contributed by atoms with Crippen molar-refractivity contribution < 1.29 is 9.53 Å². The van der Waals surface area contributed by atoms with Gasteiger partial charge in [-0.2, -0.15) is 0 Å². The van der Waals surface area contributed by atoms with Gasteiger partial charge in [0, 0.05) is 32.6 Å². The van der Waals surface area contributed by atoms with Crippen molar-refractivity contribution in [3.8, 4) is 0 Å². The van der Waals surface area contributed by atoms with E-state index in [2.05, 4.69) is 16.4 Å². The fraction of sp³-hybridized carbons (Fsp3) is 0.500. The van der Waals surface area contributed by atoms with Crippen molar-refractivity contribution in [2.75, 3.05) is 19.8 Å². The van der Waals surface area contributed by atoms with E-state index < -0.39 is 0 Å². The molecule has 0 saturated carbocycles. The van der Waals surface area contributed by atoms with Gasteiger partial charge in [0.2, 0.25) is 5.91 Å². The molecule has 1 fully saturated rings. The zero-order valence-corrected chi connectivity index (χ0v) is 12.8. The first-order chi connectivity index (χ1) is 10.3. The fourth-order valence-electron chi connectivity index (χ4n) is 2.62. The molecule has 1 aromatic carbocycles. The van der Waals surface area contributed by atoms with Gasteiger partial charge in [-0.1, -0.05) is 12.1 Å². The predicted octanol–water partition coefficient (Wildman–Crippen LogP) is 2.77. The Balaban J connectivity index is 1.43. The van der Waals surface area contributed by atoms with E-state index in [-0.39, 0.29) is 5.91 Å². The summed E-state index contributed by atoms with van der Waals surface area (Å²) in [6.07, 6.45) is 3.44. The summed E-state index contributed by atoms with van der Waals surface area (Å²) in [7, 11) is 0. The predicted molar refractivity (Wildman–Crippen MR) is 84.5 cm³/mol. The molecule has 0 spiro atoms. The number of hydrogen-bond acceptors (Lipinski definition) is 4. The Hall–Kier alpha value is -1.46. The van der Waals surface area contributed by atoms with Gasteiger partial charge >= 0.3 is 0 Å². The lowest BCUT2D eigenvalue weighted by Crippen LogP contribution is -2.29. The molecule has 0 radical (unpaired) electrons. The van der Waals surface area contributed by atoms with Gasteiger partial charge in [0.25, 0.3) is 0 Å². The minimum absolute atomic E-state index is 0.156. The van der Waals surface area contributed by atoms with Crippen LogP contribution in [0.5, 0.6) is 0 Å². The number of ether oxygens (including phenoxy) is 1. The summed E-state index contributed by atoms with van der Waals surface area (Å²) in [5.41, 5.74) is 1.05. The molecule has 0 unspecified atom stereocenters. The van der Waals surface area contributed by atoms with Crippen molar-refractivity contribution in [1.82, 2.24) is 10.3 Å². The van der Waals surface area contributed by atoms with Gasteiger partial charge in [0.05, 0.1) is 15.2 Å². The molecule has 112 valence electrons. The largest absolute Gasteiger partial charge is 0.381 e. The standard InChI is InChI=1S/C16H20N2O2S/c19-15(11-12-6-9-20-10-7-12)17-8-5-16-18-13-3-1-2-4-14(13)21-16/h1-4,12H,5-11H2,(H,17,19). The fourth-order valence-corrected chi connectivity index (χ4v) is 3.59. The summed E-state index contributed by atoms with van der Waals surface area (Å²) in [6.45, 7) is 2.26. The maximum absolute atomic E-state index is 11.9. The molecule has 1 N–H and O–H groups in total. The molecule has 2 aromatic rings. The van der Waals surface area contributed by atoms with Crippen molar-refractivity contribution in [1.29, 1.82) is 0 Å². The van der Waals surface area contributed by atoms with Crippen LogP contribution in [0.2, 0.25) is 0 Å². The second-order valence-electron chi connectivity index (χ2n) is 5.44. The Morgan fingerprint density at radius 1 is 1.33 bits per heavy atom. The lowest BCUT2D eigenvalue weighted by molar-refractivity contribution is -0.122. The Labute approximate surface area is 128 Å². The highest BCUT2D eigenvalue weighted by atomic mass is 32.1. The molecule has 0 aliphatic carbocycles. The van der Waals surface area contributed by atoms with Gasteiger partial charge in [0.1, 0.15) is 0 Å². The van der Waals surface area contributed by atoms with Crippen LogP contribution in [0.15, 0.2) is 24.3 Å². The third kappa shape index (κ3) is 4.02. The number of rotatable bonds is 5. The van der Waals surface area contributed by atoms with Gasteiger partial charge < -0.3 is 10.1 Å². The number of aromatic nitrogens is 1. The number of carbonyl (C=O) groups excluding carboxylic acids is 1. The molecule has 1 aromatic heterocycles. The SMILES string of the molecule is O=C(CC1CCOCC1)NCCc1nc2ccccc2s1. The summed E-state index contributed by atoms with van der Waals surface area (Å²) < 4.78 is 6.52. The quantitative estimate of drug-likeness (QED) is 0.924. The highest BCUT2D eigenvalue weighted by Crippen LogP contribution is 2.21. The lowest BCUT2D eigenvalue weighted by atomic mass is 9.96. The van der Waals surface area contributed by atoms with E-state index in [0.29, 0.717) is 18.9 Å². The van der Waals surface area contributed by atoms with E-state index in [1.807, 2.05) is 18.2 Å². The Kier molecular flexibility index (Phi) is 4.83. The van der Waals surface area contributed by atoms with Crippen LogP contribution in [0.25, 0.3) is 10.2 Å². The topological polar surface area (TPSA) is 51.2 Å². The zero-order valence-electron chi connectivity index (χ0n) is 12.0. The zero-order chi connectivity index (χ0) is 14.5. The molecule has 1 aliphatic heterocycles. The summed E-state index contributed by atoms with van der Waals surface area (Å²) >= 11 is 1.71. The number of carbonyl (C=O) groups is 1. The van der Waals surface area contributed by atoms with Crippen LogP contribution in [-0.4, -0.2) is 30.6 Å². The summed E-state index contributed by atoms with van der Waals surface area (Å²) in [4.78, 5) is 16.5. The van der Waals surface area contributed by atoms with Crippen LogP contribution < -0.4 is 5.32 Å². The van der Waals surface area contributed by atoms with Crippen LogP contribution in [0.3, 0.4) is 0 Å². The van der Waals surface area contributed by atoms with Crippen LogP contribution in [-0.2, 0) is 16.0 Å². The van der Waals surface area contributed by atoms with Crippen molar-refractivity contribution in [3.05, 3.63) is 29.3 Å². The number of hydrogen-bond donors (Lipinski definition) is 1. The van der Waals surface area contributed by atoms with Gasteiger partial charge in [-0.3, -0.25) is 4.79 Å². The van der Waals surface area contributed by atoms with Crippen LogP contribution >= 0.6 is 11.3 Å². The van der Waals surface area contributed by atoms with Gasteiger partial charge in [-0.05, 0) is 30.9 Å². The Morgan fingerprint density at radius 2 is 2.14 bits per heavy atom. The number of amides is 1. The third-order valence-corrected chi connectivity index (χ3v) is 4.91. The number of thiazole rings is 1. The first-order valence-electron chi connectivity index (χ1n) is 7.50. The molecular weight excluding hydrogens is 284 g/mol. The van der Waals surface area contributed by atoms with Gasteiger partial charge in [-0.25, -0.2) is 4.98 Å². The number of nitrogens with one attached hydrogen (secondary N) is 1. The first kappa shape index (κ1) is 14.5. The lowest BCUT2D eigenvalue weighted by Gasteiger charge is -2.21. The second kappa shape index (κ2) is 7.00. The third-order valence-electron chi connectivity index (χ3n) is 3.81. The van der Waals surface area contributed by atoms with Gasteiger partial charge in [-0.15, -0.1) is 11.3 Å². The van der Waals surface area contributed by atoms with E-state index in [0.717, 1.165) is 43.0 Å². The van der Waals surface area contributed by atoms with Crippen molar-refractivity contribution in [2.24, 2.45) is 5.92 Å². The van der Waals surface area contributed by atoms with Gasteiger partial charge in [0.15, 0.2) is 0 Å². The normalized spacial score (nSPS) is 16.2. The van der Waals surface area contributed by atoms with E-state index >= 15 is 0 Å². The molecular formula is C16H20N2O2S. The van der Waals surface area contributed by atoms with E-state index in [4.69, 9.17) is 4.74 Å². The minimum atomic E-state index is 0.156. The average Bonchev–Trinajstić information content (AvgIpc) is 2.91. The van der Waals surface area contributed by atoms with Crippen LogP contribution in [0, 0.1) is 5.92 Å². The molecule has 1 amide bonds. The number of benzene rings is 1. The Morgan fingerprint density at radius 3 is 2.95 bits per heavy atom. The summed E-state index contributed by atoms with van der Waals surface area (Å²) in [5, 5.41) is 4.10. The number of nitrogens with zero attached hydrogens (tertiary/aromatic N) is 1. The molecule has 3 rings (SSSR count). The highest BCUT2D eigenvalue weighted by molar-refractivity contribution is 7.18. The van der Waals surface area contributed by atoms with Crippen LogP contribution in [0.1, 0.15) is 24.3 Å². The molecule has 0 bridgehead atoms. The second-order valence-corrected chi connectivity index (χ2v) is 6.55. The summed E-state index contributed by atoms with van der Waals surface area (Å²) in [5.74, 6) is 0.643. The molecule has 1 aliphatic rings. The first-order valence-corrected chi connectivity index (χ1v) is 8.32. The molecule has 5 heteroatoms. The average molecular weight is 304 g/mol. The van der Waals surface area contributed by atoms with Crippen LogP contribution in [0.4, 0.5) is 0 Å². The maximum atomic E-state index is 11.9. The van der Waals surface area contributed by atoms with Crippen molar-refractivity contribution in [3.63, 3.8) is 0 Å². The number of fused-ring (bicyclic) bond motifs is 1. The molecule has 21 heavy (non-hydrogen) atoms. The Bertz CT molecular complexity index is 572. The van der Waals surface area contributed by atoms with Crippen molar-refractivity contribution in [2.45, 2.75) is 25.7 Å². The molecule has 0 atom stereocenters. The van der Waals surface area contributed by atoms with E-state index in [9.17, 15) is 4.79 Å². The molecule has 2 heterocycles. The van der Waals surface area contributed by atoms with E-state index in [1.54, 1.807) is 11.3 Å². The minimum Gasteiger partial charge on any atom is -0.381 e. The summed E-state index contributed by atoms with van der Waals surface area (Å²) in [6, 6.07) is 8.14. The molecule has 1 saturated heterocycles. The number of para-hydroxylation sites is 1. The molecule has 4 nitrogen and oxygen atoms in total. The monoisotopic (exact) mass is 304 g/mol. The smallest absolute Gasteiger partial charge is 0.220 e. The van der Waals surface area contributed by atoms with E-state index in [1.165, 1.54) is 4.70 Å². The maximum Gasteiger partial charge on any atom is 0.220 e.